The molecule has 1 aromatic carbocycles. The van der Waals surface area contributed by atoms with Gasteiger partial charge in [0.05, 0.1) is 5.69 Å². The van der Waals surface area contributed by atoms with Crippen LogP contribution in [0.15, 0.2) is 35.0 Å². The molecule has 3 aromatic rings. The van der Waals surface area contributed by atoms with Crippen molar-refractivity contribution >= 4 is 34.5 Å². The molecule has 0 saturated carbocycles. The summed E-state index contributed by atoms with van der Waals surface area (Å²) in [6, 6.07) is 7.59. The maximum atomic E-state index is 6.05. The molecule has 0 aliphatic rings. The first-order valence-corrected chi connectivity index (χ1v) is 7.85. The lowest BCUT2D eigenvalue weighted by atomic mass is 10.1. The van der Waals surface area contributed by atoms with Gasteiger partial charge >= 0.3 is 0 Å². The SMILES string of the molecule is Cc1[nH]c(Cc2ccsc2)nc1-c1cc(Cl)cc(Cl)c1. The van der Waals surface area contributed by atoms with Crippen molar-refractivity contribution in [1.82, 2.24) is 9.97 Å². The van der Waals surface area contributed by atoms with Gasteiger partial charge in [0.15, 0.2) is 0 Å². The van der Waals surface area contributed by atoms with Crippen molar-refractivity contribution in [3.63, 3.8) is 0 Å². The predicted molar refractivity (Wildman–Crippen MR) is 85.9 cm³/mol. The van der Waals surface area contributed by atoms with Crippen molar-refractivity contribution in [2.24, 2.45) is 0 Å². The van der Waals surface area contributed by atoms with E-state index in [1.165, 1.54) is 5.56 Å². The molecular formula is C15H12Cl2N2S. The Morgan fingerprint density at radius 3 is 2.60 bits per heavy atom. The van der Waals surface area contributed by atoms with E-state index in [0.29, 0.717) is 10.0 Å². The summed E-state index contributed by atoms with van der Waals surface area (Å²) >= 11 is 13.8. The molecule has 3 rings (SSSR count). The number of aromatic amines is 1. The Hall–Kier alpha value is -1.29. The number of imidazole rings is 1. The van der Waals surface area contributed by atoms with Crippen LogP contribution in [0.4, 0.5) is 0 Å². The van der Waals surface area contributed by atoms with Gasteiger partial charge in [0, 0.05) is 27.7 Å². The van der Waals surface area contributed by atoms with Gasteiger partial charge in [-0.1, -0.05) is 23.2 Å². The summed E-state index contributed by atoms with van der Waals surface area (Å²) < 4.78 is 0. The fourth-order valence-corrected chi connectivity index (χ4v) is 3.36. The molecule has 0 fully saturated rings. The van der Waals surface area contributed by atoms with Crippen molar-refractivity contribution in [3.8, 4) is 11.3 Å². The molecule has 0 spiro atoms. The van der Waals surface area contributed by atoms with Crippen molar-refractivity contribution in [3.05, 3.63) is 62.2 Å². The maximum absolute atomic E-state index is 6.05. The van der Waals surface area contributed by atoms with E-state index < -0.39 is 0 Å². The van der Waals surface area contributed by atoms with E-state index in [1.54, 1.807) is 17.4 Å². The van der Waals surface area contributed by atoms with Crippen LogP contribution >= 0.6 is 34.5 Å². The van der Waals surface area contributed by atoms with Crippen LogP contribution < -0.4 is 0 Å². The molecule has 0 atom stereocenters. The van der Waals surface area contributed by atoms with E-state index in [-0.39, 0.29) is 0 Å². The first kappa shape index (κ1) is 13.7. The minimum absolute atomic E-state index is 0.620. The number of halogens is 2. The molecule has 0 saturated heterocycles. The Balaban J connectivity index is 1.96. The number of nitrogens with one attached hydrogen (secondary N) is 1. The third kappa shape index (κ3) is 2.90. The highest BCUT2D eigenvalue weighted by Crippen LogP contribution is 2.28. The van der Waals surface area contributed by atoms with Gasteiger partial charge in [-0.25, -0.2) is 4.98 Å². The number of H-pyrrole nitrogens is 1. The number of hydrogen-bond acceptors (Lipinski definition) is 2. The largest absolute Gasteiger partial charge is 0.345 e. The summed E-state index contributed by atoms with van der Waals surface area (Å²) in [5, 5.41) is 5.44. The van der Waals surface area contributed by atoms with Crippen molar-refractivity contribution in [2.75, 3.05) is 0 Å². The Morgan fingerprint density at radius 2 is 1.95 bits per heavy atom. The van der Waals surface area contributed by atoms with E-state index in [4.69, 9.17) is 23.2 Å². The molecule has 1 N–H and O–H groups in total. The van der Waals surface area contributed by atoms with Crippen LogP contribution in [-0.2, 0) is 6.42 Å². The number of rotatable bonds is 3. The van der Waals surface area contributed by atoms with Gasteiger partial charge in [0.25, 0.3) is 0 Å². The van der Waals surface area contributed by atoms with Crippen molar-refractivity contribution < 1.29 is 0 Å². The summed E-state index contributed by atoms with van der Waals surface area (Å²) in [4.78, 5) is 8.00. The van der Waals surface area contributed by atoms with Gasteiger partial charge in [-0.05, 0) is 47.5 Å². The number of thiophene rings is 1. The van der Waals surface area contributed by atoms with Crippen LogP contribution in [0.25, 0.3) is 11.3 Å². The summed E-state index contributed by atoms with van der Waals surface area (Å²) in [5.41, 5.74) is 4.13. The molecule has 2 aromatic heterocycles. The number of nitrogens with zero attached hydrogens (tertiary/aromatic N) is 1. The number of aryl methyl sites for hydroxylation is 1. The Kier molecular flexibility index (Phi) is 3.83. The van der Waals surface area contributed by atoms with E-state index in [9.17, 15) is 0 Å². The van der Waals surface area contributed by atoms with E-state index in [1.807, 2.05) is 19.1 Å². The average Bonchev–Trinajstić information content (AvgIpc) is 2.98. The third-order valence-electron chi connectivity index (χ3n) is 3.02. The molecule has 102 valence electrons. The fraction of sp³-hybridized carbons (Fsp3) is 0.133. The molecule has 2 heterocycles. The number of benzene rings is 1. The number of aromatic nitrogens is 2. The van der Waals surface area contributed by atoms with Crippen molar-refractivity contribution in [2.45, 2.75) is 13.3 Å². The standard InChI is InChI=1S/C15H12Cl2N2S/c1-9-15(11-5-12(16)7-13(17)6-11)19-14(18-9)4-10-2-3-20-8-10/h2-3,5-8H,4H2,1H3,(H,18,19). The molecule has 0 radical (unpaired) electrons. The molecule has 0 aliphatic carbocycles. The van der Waals surface area contributed by atoms with Crippen LogP contribution in [-0.4, -0.2) is 9.97 Å². The maximum Gasteiger partial charge on any atom is 0.111 e. The highest BCUT2D eigenvalue weighted by molar-refractivity contribution is 7.07. The second-order valence-electron chi connectivity index (χ2n) is 4.62. The topological polar surface area (TPSA) is 28.7 Å². The molecule has 0 amide bonds. The zero-order valence-corrected chi connectivity index (χ0v) is 13.1. The van der Waals surface area contributed by atoms with Crippen LogP contribution in [0, 0.1) is 6.92 Å². The summed E-state index contributed by atoms with van der Waals surface area (Å²) in [5.74, 6) is 0.951. The molecular weight excluding hydrogens is 311 g/mol. The lowest BCUT2D eigenvalue weighted by molar-refractivity contribution is 1.02. The van der Waals surface area contributed by atoms with Crippen LogP contribution in [0.2, 0.25) is 10.0 Å². The van der Waals surface area contributed by atoms with Gasteiger partial charge in [0.1, 0.15) is 5.82 Å². The van der Waals surface area contributed by atoms with Crippen LogP contribution in [0.1, 0.15) is 17.1 Å². The Labute approximate surface area is 131 Å². The molecule has 0 bridgehead atoms. The summed E-state index contributed by atoms with van der Waals surface area (Å²) in [7, 11) is 0. The smallest absolute Gasteiger partial charge is 0.111 e. The highest BCUT2D eigenvalue weighted by atomic mass is 35.5. The second kappa shape index (κ2) is 5.60. The lowest BCUT2D eigenvalue weighted by Gasteiger charge is -2.01. The molecule has 0 unspecified atom stereocenters. The second-order valence-corrected chi connectivity index (χ2v) is 6.28. The summed E-state index contributed by atoms with van der Waals surface area (Å²) in [6.45, 7) is 2.01. The minimum atomic E-state index is 0.620. The molecule has 20 heavy (non-hydrogen) atoms. The zero-order valence-electron chi connectivity index (χ0n) is 10.8. The minimum Gasteiger partial charge on any atom is -0.345 e. The third-order valence-corrected chi connectivity index (χ3v) is 4.19. The van der Waals surface area contributed by atoms with Gasteiger partial charge in [-0.15, -0.1) is 0 Å². The monoisotopic (exact) mass is 322 g/mol. The van der Waals surface area contributed by atoms with Crippen LogP contribution in [0.3, 0.4) is 0 Å². The predicted octanol–water partition coefficient (Wildman–Crippen LogP) is 5.34. The van der Waals surface area contributed by atoms with Crippen molar-refractivity contribution in [1.29, 1.82) is 0 Å². The Morgan fingerprint density at radius 1 is 1.20 bits per heavy atom. The van der Waals surface area contributed by atoms with Gasteiger partial charge in [-0.2, -0.15) is 11.3 Å². The Bertz CT molecular complexity index is 712. The van der Waals surface area contributed by atoms with E-state index >= 15 is 0 Å². The zero-order chi connectivity index (χ0) is 14.1. The van der Waals surface area contributed by atoms with Crippen LogP contribution in [0.5, 0.6) is 0 Å². The molecule has 5 heteroatoms. The average molecular weight is 323 g/mol. The first-order valence-electron chi connectivity index (χ1n) is 6.15. The van der Waals surface area contributed by atoms with Gasteiger partial charge in [-0.3, -0.25) is 0 Å². The lowest BCUT2D eigenvalue weighted by Crippen LogP contribution is -1.88. The summed E-state index contributed by atoms with van der Waals surface area (Å²) in [6.07, 6.45) is 0.804. The molecule has 0 aliphatic heterocycles. The quantitative estimate of drug-likeness (QED) is 0.692. The first-order chi connectivity index (χ1) is 9.61. The fourth-order valence-electron chi connectivity index (χ4n) is 2.16. The van der Waals surface area contributed by atoms with Gasteiger partial charge in [0.2, 0.25) is 0 Å². The van der Waals surface area contributed by atoms with E-state index in [2.05, 4.69) is 26.8 Å². The number of hydrogen-bond donors (Lipinski definition) is 1. The van der Waals surface area contributed by atoms with Gasteiger partial charge < -0.3 is 4.98 Å². The molecule has 2 nitrogen and oxygen atoms in total. The highest BCUT2D eigenvalue weighted by Gasteiger charge is 2.11. The van der Waals surface area contributed by atoms with E-state index in [0.717, 1.165) is 29.2 Å². The normalized spacial score (nSPS) is 10.9.